The quantitative estimate of drug-likeness (QED) is 0.735. The van der Waals surface area contributed by atoms with E-state index in [0.717, 1.165) is 0 Å². The molecule has 0 bridgehead atoms. The molecule has 4 nitrogen and oxygen atoms in total. The van der Waals surface area contributed by atoms with Crippen LogP contribution in [0.2, 0.25) is 5.02 Å². The summed E-state index contributed by atoms with van der Waals surface area (Å²) in [5, 5.41) is 3.36. The molecule has 2 rings (SSSR count). The Morgan fingerprint density at radius 1 is 1.21 bits per heavy atom. The Labute approximate surface area is 145 Å². The van der Waals surface area contributed by atoms with Gasteiger partial charge in [0.15, 0.2) is 17.7 Å². The minimum Gasteiger partial charge on any atom is -0.490 e. The molecule has 0 aliphatic heterocycles. The second-order valence-corrected chi connectivity index (χ2v) is 5.57. The Hall–Kier alpha value is -2.27. The van der Waals surface area contributed by atoms with Crippen molar-refractivity contribution in [2.75, 3.05) is 13.2 Å². The lowest BCUT2D eigenvalue weighted by Crippen LogP contribution is -2.37. The minimum atomic E-state index is -0.626. The van der Waals surface area contributed by atoms with Crippen molar-refractivity contribution in [2.24, 2.45) is 0 Å². The van der Waals surface area contributed by atoms with Crippen LogP contribution in [0.15, 0.2) is 48.5 Å². The molecule has 1 amide bonds. The molecular weight excluding hydrogens is 333 g/mol. The van der Waals surface area contributed by atoms with Gasteiger partial charge >= 0.3 is 0 Å². The maximum absolute atomic E-state index is 13.3. The molecule has 0 fully saturated rings. The molecule has 0 aromatic heterocycles. The van der Waals surface area contributed by atoms with E-state index < -0.39 is 11.9 Å². The number of para-hydroxylation sites is 1. The fourth-order valence-electron chi connectivity index (χ4n) is 1.94. The van der Waals surface area contributed by atoms with Gasteiger partial charge in [-0.3, -0.25) is 4.79 Å². The van der Waals surface area contributed by atoms with E-state index in [-0.39, 0.29) is 11.7 Å². The van der Waals surface area contributed by atoms with Crippen molar-refractivity contribution in [3.05, 3.63) is 59.4 Å². The number of amides is 1. The zero-order valence-corrected chi connectivity index (χ0v) is 14.1. The van der Waals surface area contributed by atoms with Gasteiger partial charge in [0, 0.05) is 11.6 Å². The predicted octanol–water partition coefficient (Wildman–Crippen LogP) is 3.83. The summed E-state index contributed by atoms with van der Waals surface area (Å²) in [6.07, 6.45) is -0.0630. The van der Waals surface area contributed by atoms with Gasteiger partial charge in [0.25, 0.3) is 5.91 Å². The van der Waals surface area contributed by atoms with Crippen LogP contribution in [-0.2, 0) is 4.79 Å². The van der Waals surface area contributed by atoms with Crippen LogP contribution >= 0.6 is 11.6 Å². The summed E-state index contributed by atoms with van der Waals surface area (Å²) in [6, 6.07) is 13.0. The molecule has 0 spiro atoms. The molecule has 0 saturated heterocycles. The third-order valence-corrected chi connectivity index (χ3v) is 3.46. The van der Waals surface area contributed by atoms with Crippen molar-refractivity contribution >= 4 is 17.5 Å². The molecule has 1 unspecified atom stereocenters. The van der Waals surface area contributed by atoms with Gasteiger partial charge in [-0.1, -0.05) is 23.7 Å². The number of carbonyl (C=O) groups excluding carboxylic acids is 1. The smallest absolute Gasteiger partial charge is 0.260 e. The normalized spacial score (nSPS) is 11.6. The first-order valence-electron chi connectivity index (χ1n) is 7.63. The summed E-state index contributed by atoms with van der Waals surface area (Å²) in [5.41, 5.74) is 0. The van der Waals surface area contributed by atoms with Gasteiger partial charge in [0.2, 0.25) is 0 Å². The molecule has 0 saturated carbocycles. The van der Waals surface area contributed by atoms with E-state index in [1.165, 1.54) is 6.07 Å². The van der Waals surface area contributed by atoms with Crippen molar-refractivity contribution in [1.82, 2.24) is 5.32 Å². The molecule has 24 heavy (non-hydrogen) atoms. The molecule has 128 valence electrons. The Morgan fingerprint density at radius 2 is 1.92 bits per heavy atom. The molecule has 6 heteroatoms. The van der Waals surface area contributed by atoms with Gasteiger partial charge < -0.3 is 14.8 Å². The molecule has 0 heterocycles. The maximum atomic E-state index is 13.3. The third-order valence-electron chi connectivity index (χ3n) is 3.21. The standard InChI is InChI=1S/C18H19ClFNO3/c1-13(24-15-9-7-14(19)8-10-15)18(22)21-11-4-12-23-17-6-3-2-5-16(17)20/h2-3,5-10,13H,4,11-12H2,1H3,(H,21,22). The van der Waals surface area contributed by atoms with Crippen molar-refractivity contribution in [1.29, 1.82) is 0 Å². The van der Waals surface area contributed by atoms with E-state index in [1.54, 1.807) is 49.4 Å². The van der Waals surface area contributed by atoms with Crippen LogP contribution in [0.4, 0.5) is 4.39 Å². The van der Waals surface area contributed by atoms with Crippen LogP contribution in [-0.4, -0.2) is 25.2 Å². The summed E-state index contributed by atoms with van der Waals surface area (Å²) in [6.45, 7) is 2.40. The molecule has 2 aromatic rings. The van der Waals surface area contributed by atoms with Crippen molar-refractivity contribution in [3.8, 4) is 11.5 Å². The van der Waals surface area contributed by atoms with E-state index in [2.05, 4.69) is 5.32 Å². The first-order valence-corrected chi connectivity index (χ1v) is 8.01. The van der Waals surface area contributed by atoms with Crippen molar-refractivity contribution in [3.63, 3.8) is 0 Å². The number of hydrogen-bond acceptors (Lipinski definition) is 3. The lowest BCUT2D eigenvalue weighted by Gasteiger charge is -2.15. The third kappa shape index (κ3) is 5.74. The van der Waals surface area contributed by atoms with Gasteiger partial charge in [0.1, 0.15) is 5.75 Å². The van der Waals surface area contributed by atoms with Crippen molar-refractivity contribution in [2.45, 2.75) is 19.4 Å². The average molecular weight is 352 g/mol. The number of nitrogens with one attached hydrogen (secondary N) is 1. The number of ether oxygens (including phenoxy) is 2. The summed E-state index contributed by atoms with van der Waals surface area (Å²) in [7, 11) is 0. The Kier molecular flexibility index (Phi) is 6.88. The number of halogens is 2. The number of rotatable bonds is 8. The second-order valence-electron chi connectivity index (χ2n) is 5.14. The zero-order chi connectivity index (χ0) is 17.4. The maximum Gasteiger partial charge on any atom is 0.260 e. The molecular formula is C18H19ClFNO3. The van der Waals surface area contributed by atoms with Crippen LogP contribution in [0, 0.1) is 5.82 Å². The predicted molar refractivity (Wildman–Crippen MR) is 91.1 cm³/mol. The monoisotopic (exact) mass is 351 g/mol. The highest BCUT2D eigenvalue weighted by Crippen LogP contribution is 2.17. The van der Waals surface area contributed by atoms with Crippen LogP contribution < -0.4 is 14.8 Å². The van der Waals surface area contributed by atoms with E-state index in [0.29, 0.717) is 30.3 Å². The highest BCUT2D eigenvalue weighted by atomic mass is 35.5. The topological polar surface area (TPSA) is 47.6 Å². The summed E-state index contributed by atoms with van der Waals surface area (Å²) < 4.78 is 24.2. The summed E-state index contributed by atoms with van der Waals surface area (Å²) in [4.78, 5) is 11.9. The molecule has 1 atom stereocenters. The lowest BCUT2D eigenvalue weighted by atomic mass is 10.3. The number of benzene rings is 2. The van der Waals surface area contributed by atoms with Gasteiger partial charge in [-0.15, -0.1) is 0 Å². The molecule has 0 radical (unpaired) electrons. The SMILES string of the molecule is CC(Oc1ccc(Cl)cc1)C(=O)NCCCOc1ccccc1F. The zero-order valence-electron chi connectivity index (χ0n) is 13.3. The van der Waals surface area contributed by atoms with Crippen LogP contribution in [0.25, 0.3) is 0 Å². The van der Waals surface area contributed by atoms with Gasteiger partial charge in [0.05, 0.1) is 6.61 Å². The Morgan fingerprint density at radius 3 is 2.62 bits per heavy atom. The largest absolute Gasteiger partial charge is 0.490 e. The number of carbonyl (C=O) groups is 1. The fraction of sp³-hybridized carbons (Fsp3) is 0.278. The lowest BCUT2D eigenvalue weighted by molar-refractivity contribution is -0.127. The van der Waals surface area contributed by atoms with E-state index in [4.69, 9.17) is 21.1 Å². The fourth-order valence-corrected chi connectivity index (χ4v) is 2.07. The molecule has 2 aromatic carbocycles. The van der Waals surface area contributed by atoms with Gasteiger partial charge in [-0.2, -0.15) is 0 Å². The van der Waals surface area contributed by atoms with Crippen molar-refractivity contribution < 1.29 is 18.7 Å². The second kappa shape index (κ2) is 9.13. The Bertz CT molecular complexity index is 664. The van der Waals surface area contributed by atoms with Gasteiger partial charge in [-0.25, -0.2) is 4.39 Å². The number of hydrogen-bond donors (Lipinski definition) is 1. The molecule has 0 aliphatic carbocycles. The first kappa shape index (κ1) is 18.1. The molecule has 0 aliphatic rings. The van der Waals surface area contributed by atoms with E-state index in [1.807, 2.05) is 0 Å². The van der Waals surface area contributed by atoms with Crippen LogP contribution in [0.3, 0.4) is 0 Å². The van der Waals surface area contributed by atoms with Crippen LogP contribution in [0.1, 0.15) is 13.3 Å². The summed E-state index contributed by atoms with van der Waals surface area (Å²) in [5.74, 6) is 0.163. The van der Waals surface area contributed by atoms with Gasteiger partial charge in [-0.05, 0) is 49.7 Å². The van der Waals surface area contributed by atoms with Crippen LogP contribution in [0.5, 0.6) is 11.5 Å². The summed E-state index contributed by atoms with van der Waals surface area (Å²) >= 11 is 5.79. The van der Waals surface area contributed by atoms with E-state index >= 15 is 0 Å². The first-order chi connectivity index (χ1) is 11.6. The average Bonchev–Trinajstić information content (AvgIpc) is 2.58. The Balaban J connectivity index is 1.65. The highest BCUT2D eigenvalue weighted by molar-refractivity contribution is 6.30. The minimum absolute atomic E-state index is 0.211. The molecule has 1 N–H and O–H groups in total. The highest BCUT2D eigenvalue weighted by Gasteiger charge is 2.13. The van der Waals surface area contributed by atoms with E-state index in [9.17, 15) is 9.18 Å².